The van der Waals surface area contributed by atoms with E-state index < -0.39 is 0 Å². The van der Waals surface area contributed by atoms with Crippen molar-refractivity contribution in [3.8, 4) is 0 Å². The molecule has 118 valence electrons. The van der Waals surface area contributed by atoms with Gasteiger partial charge in [-0.1, -0.05) is 24.6 Å². The molecule has 2 rings (SSSR count). The van der Waals surface area contributed by atoms with E-state index >= 15 is 0 Å². The highest BCUT2D eigenvalue weighted by atomic mass is 35.5. The van der Waals surface area contributed by atoms with Crippen LogP contribution in [0.1, 0.15) is 32.3 Å². The number of nitrogens with one attached hydrogen (secondary N) is 1. The summed E-state index contributed by atoms with van der Waals surface area (Å²) in [7, 11) is 2.20. The van der Waals surface area contributed by atoms with Gasteiger partial charge in [0.05, 0.1) is 10.7 Å². The number of nitrogens with zero attached hydrogens (tertiary/aromatic N) is 2. The van der Waals surface area contributed by atoms with E-state index in [2.05, 4.69) is 54.2 Å². The van der Waals surface area contributed by atoms with Crippen molar-refractivity contribution in [2.45, 2.75) is 39.3 Å². The van der Waals surface area contributed by atoms with Gasteiger partial charge in [-0.15, -0.1) is 0 Å². The van der Waals surface area contributed by atoms with E-state index in [4.69, 9.17) is 11.6 Å². The third-order valence-corrected chi connectivity index (χ3v) is 4.43. The minimum Gasteiger partial charge on any atom is -0.366 e. The Morgan fingerprint density at radius 3 is 2.86 bits per heavy atom. The van der Waals surface area contributed by atoms with Crippen LogP contribution in [0.15, 0.2) is 18.2 Å². The van der Waals surface area contributed by atoms with Gasteiger partial charge in [-0.2, -0.15) is 0 Å². The second-order valence-electron chi connectivity index (χ2n) is 6.12. The van der Waals surface area contributed by atoms with Gasteiger partial charge in [-0.05, 0) is 57.6 Å². The Labute approximate surface area is 134 Å². The molecule has 1 aliphatic heterocycles. The number of benzene rings is 1. The zero-order valence-corrected chi connectivity index (χ0v) is 14.3. The SMILES string of the molecule is CCCNCc1ccc(N2CCCN(C)CC2C)c(Cl)c1. The van der Waals surface area contributed by atoms with Crippen LogP contribution in [0.3, 0.4) is 0 Å². The lowest BCUT2D eigenvalue weighted by Gasteiger charge is -2.31. The summed E-state index contributed by atoms with van der Waals surface area (Å²) in [5, 5.41) is 4.30. The van der Waals surface area contributed by atoms with Crippen molar-refractivity contribution in [1.82, 2.24) is 10.2 Å². The molecule has 1 aromatic rings. The number of hydrogen-bond acceptors (Lipinski definition) is 3. The predicted octanol–water partition coefficient (Wildman–Crippen LogP) is 3.37. The number of likely N-dealkylation sites (N-methyl/N-ethyl adjacent to an activating group) is 1. The first kappa shape index (κ1) is 16.6. The lowest BCUT2D eigenvalue weighted by Crippen LogP contribution is -2.38. The minimum absolute atomic E-state index is 0.499. The highest BCUT2D eigenvalue weighted by Gasteiger charge is 2.21. The Hall–Kier alpha value is -0.770. The molecule has 1 aromatic carbocycles. The van der Waals surface area contributed by atoms with Gasteiger partial charge < -0.3 is 15.1 Å². The van der Waals surface area contributed by atoms with E-state index in [9.17, 15) is 0 Å². The van der Waals surface area contributed by atoms with Gasteiger partial charge in [0.25, 0.3) is 0 Å². The van der Waals surface area contributed by atoms with E-state index in [1.54, 1.807) is 0 Å². The summed E-state index contributed by atoms with van der Waals surface area (Å²) in [6.45, 7) is 9.75. The monoisotopic (exact) mass is 309 g/mol. The van der Waals surface area contributed by atoms with E-state index in [0.29, 0.717) is 6.04 Å². The largest absolute Gasteiger partial charge is 0.366 e. The predicted molar refractivity (Wildman–Crippen MR) is 92.4 cm³/mol. The van der Waals surface area contributed by atoms with Crippen molar-refractivity contribution < 1.29 is 0 Å². The molecule has 1 N–H and O–H groups in total. The fourth-order valence-electron chi connectivity index (χ4n) is 3.03. The molecule has 0 aromatic heterocycles. The van der Waals surface area contributed by atoms with Crippen LogP contribution in [0.5, 0.6) is 0 Å². The molecule has 0 bridgehead atoms. The van der Waals surface area contributed by atoms with Crippen LogP contribution in [0.4, 0.5) is 5.69 Å². The van der Waals surface area contributed by atoms with Gasteiger partial charge in [0.15, 0.2) is 0 Å². The molecule has 1 atom stereocenters. The van der Waals surface area contributed by atoms with E-state index in [1.165, 1.54) is 17.7 Å². The summed E-state index contributed by atoms with van der Waals surface area (Å²) >= 11 is 6.55. The number of halogens is 1. The number of anilines is 1. The Balaban J connectivity index is 2.08. The molecule has 0 aliphatic carbocycles. The maximum atomic E-state index is 6.55. The molecule has 0 radical (unpaired) electrons. The van der Waals surface area contributed by atoms with E-state index in [0.717, 1.165) is 44.2 Å². The van der Waals surface area contributed by atoms with Gasteiger partial charge in [0.2, 0.25) is 0 Å². The molecule has 3 nitrogen and oxygen atoms in total. The summed E-state index contributed by atoms with van der Waals surface area (Å²) < 4.78 is 0. The first-order valence-electron chi connectivity index (χ1n) is 8.06. The number of hydrogen-bond donors (Lipinski definition) is 1. The van der Waals surface area contributed by atoms with Crippen LogP contribution in [0, 0.1) is 0 Å². The van der Waals surface area contributed by atoms with Crippen molar-refractivity contribution in [2.75, 3.05) is 38.1 Å². The van der Waals surface area contributed by atoms with Crippen LogP contribution in [0.2, 0.25) is 5.02 Å². The molecule has 21 heavy (non-hydrogen) atoms. The molecular weight excluding hydrogens is 282 g/mol. The second kappa shape index (κ2) is 8.02. The molecule has 4 heteroatoms. The smallest absolute Gasteiger partial charge is 0.0642 e. The normalized spacial score (nSPS) is 20.6. The quantitative estimate of drug-likeness (QED) is 0.841. The zero-order chi connectivity index (χ0) is 15.2. The van der Waals surface area contributed by atoms with Crippen molar-refractivity contribution in [3.05, 3.63) is 28.8 Å². The Morgan fingerprint density at radius 1 is 1.33 bits per heavy atom. The van der Waals surface area contributed by atoms with Crippen molar-refractivity contribution in [1.29, 1.82) is 0 Å². The fourth-order valence-corrected chi connectivity index (χ4v) is 3.34. The van der Waals surface area contributed by atoms with Crippen molar-refractivity contribution in [2.24, 2.45) is 0 Å². The lowest BCUT2D eigenvalue weighted by molar-refractivity contribution is 0.337. The zero-order valence-electron chi connectivity index (χ0n) is 13.5. The van der Waals surface area contributed by atoms with Crippen molar-refractivity contribution >= 4 is 17.3 Å². The highest BCUT2D eigenvalue weighted by molar-refractivity contribution is 6.33. The molecule has 1 saturated heterocycles. The summed E-state index contributed by atoms with van der Waals surface area (Å²) in [4.78, 5) is 4.86. The number of rotatable bonds is 5. The molecule has 1 heterocycles. The molecule has 1 fully saturated rings. The average Bonchev–Trinajstić information content (AvgIpc) is 2.60. The molecule has 1 aliphatic rings. The van der Waals surface area contributed by atoms with Gasteiger partial charge >= 0.3 is 0 Å². The van der Waals surface area contributed by atoms with Crippen LogP contribution < -0.4 is 10.2 Å². The van der Waals surface area contributed by atoms with Gasteiger partial charge in [-0.25, -0.2) is 0 Å². The summed E-state index contributed by atoms with van der Waals surface area (Å²) in [6, 6.07) is 7.00. The second-order valence-corrected chi connectivity index (χ2v) is 6.53. The lowest BCUT2D eigenvalue weighted by atomic mass is 10.1. The Morgan fingerprint density at radius 2 is 2.14 bits per heavy atom. The molecule has 0 spiro atoms. The van der Waals surface area contributed by atoms with Gasteiger partial charge in [0.1, 0.15) is 0 Å². The maximum Gasteiger partial charge on any atom is 0.0642 e. The highest BCUT2D eigenvalue weighted by Crippen LogP contribution is 2.29. The minimum atomic E-state index is 0.499. The van der Waals surface area contributed by atoms with E-state index in [-0.39, 0.29) is 0 Å². The van der Waals surface area contributed by atoms with E-state index in [1.807, 2.05) is 0 Å². The first-order valence-corrected chi connectivity index (χ1v) is 8.44. The topological polar surface area (TPSA) is 18.5 Å². The summed E-state index contributed by atoms with van der Waals surface area (Å²) in [6.07, 6.45) is 2.35. The summed E-state index contributed by atoms with van der Waals surface area (Å²) in [5.74, 6) is 0. The molecule has 0 amide bonds. The Bertz CT molecular complexity index is 450. The fraction of sp³-hybridized carbons (Fsp3) is 0.647. The molecule has 1 unspecified atom stereocenters. The summed E-state index contributed by atoms with van der Waals surface area (Å²) in [5.41, 5.74) is 2.44. The van der Waals surface area contributed by atoms with Crippen LogP contribution in [0.25, 0.3) is 0 Å². The van der Waals surface area contributed by atoms with Gasteiger partial charge in [-0.3, -0.25) is 0 Å². The molecule has 0 saturated carbocycles. The Kier molecular flexibility index (Phi) is 6.34. The molecular formula is C17H28ClN3. The van der Waals surface area contributed by atoms with Crippen molar-refractivity contribution in [3.63, 3.8) is 0 Å². The first-order chi connectivity index (χ1) is 10.1. The van der Waals surface area contributed by atoms with Crippen LogP contribution in [-0.4, -0.2) is 44.2 Å². The third-order valence-electron chi connectivity index (χ3n) is 4.12. The maximum absolute atomic E-state index is 6.55. The van der Waals surface area contributed by atoms with Gasteiger partial charge in [0, 0.05) is 25.7 Å². The third kappa shape index (κ3) is 4.60. The standard InChI is InChI=1S/C17H28ClN3/c1-4-8-19-12-15-6-7-17(16(18)11-15)21-10-5-9-20(3)13-14(21)2/h6-7,11,14,19H,4-5,8-10,12-13H2,1-3H3. The van der Waals surface area contributed by atoms with Crippen LogP contribution >= 0.6 is 11.6 Å². The average molecular weight is 310 g/mol. The van der Waals surface area contributed by atoms with Crippen LogP contribution in [-0.2, 0) is 6.54 Å².